The van der Waals surface area contributed by atoms with Crippen LogP contribution >= 0.6 is 0 Å². The minimum Gasteiger partial charge on any atom is -0.484 e. The second kappa shape index (κ2) is 7.61. The van der Waals surface area contributed by atoms with Gasteiger partial charge in [0.1, 0.15) is 5.75 Å². The second-order valence-corrected chi connectivity index (χ2v) is 6.83. The summed E-state index contributed by atoms with van der Waals surface area (Å²) in [7, 11) is 0. The molecule has 3 N–H and O–H groups in total. The number of furan rings is 1. The Labute approximate surface area is 152 Å². The third-order valence-corrected chi connectivity index (χ3v) is 4.60. The van der Waals surface area contributed by atoms with Gasteiger partial charge in [0.15, 0.2) is 12.4 Å². The zero-order valence-corrected chi connectivity index (χ0v) is 14.7. The first-order valence-corrected chi connectivity index (χ1v) is 8.55. The summed E-state index contributed by atoms with van der Waals surface area (Å²) in [5.41, 5.74) is 6.33. The van der Waals surface area contributed by atoms with Crippen LogP contribution in [0.1, 0.15) is 23.9 Å². The summed E-state index contributed by atoms with van der Waals surface area (Å²) in [4.78, 5) is 26.1. The predicted molar refractivity (Wildman–Crippen MR) is 97.0 cm³/mol. The number of carbonyl (C=O) groups is 2. The molecule has 2 heterocycles. The number of anilines is 1. The van der Waals surface area contributed by atoms with Crippen LogP contribution in [0.15, 0.2) is 47.1 Å². The van der Waals surface area contributed by atoms with Gasteiger partial charge in [0, 0.05) is 24.8 Å². The largest absolute Gasteiger partial charge is 0.484 e. The summed E-state index contributed by atoms with van der Waals surface area (Å²) in [5.74, 6) is 0.327. The molecule has 0 saturated carbocycles. The van der Waals surface area contributed by atoms with E-state index < -0.39 is 0 Å². The molecule has 1 aliphatic rings. The predicted octanol–water partition coefficient (Wildman–Crippen LogP) is 2.11. The van der Waals surface area contributed by atoms with E-state index in [1.54, 1.807) is 41.3 Å². The minimum atomic E-state index is -0.346. The Balaban J connectivity index is 1.54. The van der Waals surface area contributed by atoms with Gasteiger partial charge in [-0.3, -0.25) is 9.59 Å². The van der Waals surface area contributed by atoms with Gasteiger partial charge in [0.25, 0.3) is 11.8 Å². The first-order valence-electron chi connectivity index (χ1n) is 8.55. The SMILES string of the molecule is CC1(CN)CCN(C(=O)COc2cccc(NC(=O)c3ccco3)c2)C1. The highest BCUT2D eigenvalue weighted by Crippen LogP contribution is 2.28. The maximum atomic E-state index is 12.3. The molecule has 7 nitrogen and oxygen atoms in total. The van der Waals surface area contributed by atoms with Gasteiger partial charge in [0.05, 0.1) is 6.26 Å². The summed E-state index contributed by atoms with van der Waals surface area (Å²) >= 11 is 0. The molecule has 2 amide bonds. The van der Waals surface area contributed by atoms with Gasteiger partial charge in [0.2, 0.25) is 0 Å². The van der Waals surface area contributed by atoms with Crippen LogP contribution in [0.2, 0.25) is 0 Å². The molecule has 7 heteroatoms. The topological polar surface area (TPSA) is 97.8 Å². The van der Waals surface area contributed by atoms with Crippen LogP contribution in [-0.4, -0.2) is 43.0 Å². The average Bonchev–Trinajstić information content (AvgIpc) is 3.30. The minimum absolute atomic E-state index is 0.00822. The molecule has 26 heavy (non-hydrogen) atoms. The molecule has 0 radical (unpaired) electrons. The van der Waals surface area contributed by atoms with Gasteiger partial charge in [-0.25, -0.2) is 0 Å². The Kier molecular flexibility index (Phi) is 5.27. The molecular formula is C19H23N3O4. The number of nitrogens with one attached hydrogen (secondary N) is 1. The lowest BCUT2D eigenvalue weighted by atomic mass is 9.90. The highest BCUT2D eigenvalue weighted by Gasteiger charge is 2.34. The maximum absolute atomic E-state index is 12.3. The Hall–Kier alpha value is -2.80. The lowest BCUT2D eigenvalue weighted by Gasteiger charge is -2.22. The molecule has 3 rings (SSSR count). The van der Waals surface area contributed by atoms with Crippen molar-refractivity contribution in [1.82, 2.24) is 4.90 Å². The number of likely N-dealkylation sites (tertiary alicyclic amines) is 1. The van der Waals surface area contributed by atoms with Crippen LogP contribution in [0.4, 0.5) is 5.69 Å². The number of nitrogens with zero attached hydrogens (tertiary/aromatic N) is 1. The summed E-state index contributed by atoms with van der Waals surface area (Å²) in [6, 6.07) is 10.1. The Morgan fingerprint density at radius 1 is 1.35 bits per heavy atom. The van der Waals surface area contributed by atoms with Crippen molar-refractivity contribution in [2.75, 3.05) is 31.6 Å². The van der Waals surface area contributed by atoms with Crippen molar-refractivity contribution in [1.29, 1.82) is 0 Å². The Bertz CT molecular complexity index is 775. The third-order valence-electron chi connectivity index (χ3n) is 4.60. The Morgan fingerprint density at radius 3 is 2.88 bits per heavy atom. The summed E-state index contributed by atoms with van der Waals surface area (Å²) in [6.45, 7) is 3.97. The van der Waals surface area contributed by atoms with Crippen LogP contribution < -0.4 is 15.8 Å². The van der Waals surface area contributed by atoms with Gasteiger partial charge in [-0.2, -0.15) is 0 Å². The van der Waals surface area contributed by atoms with Gasteiger partial charge < -0.3 is 25.1 Å². The molecule has 1 fully saturated rings. The van der Waals surface area contributed by atoms with E-state index in [0.29, 0.717) is 31.1 Å². The molecule has 1 saturated heterocycles. The van der Waals surface area contributed by atoms with Gasteiger partial charge >= 0.3 is 0 Å². The van der Waals surface area contributed by atoms with Gasteiger partial charge in [-0.15, -0.1) is 0 Å². The van der Waals surface area contributed by atoms with Crippen LogP contribution in [-0.2, 0) is 4.79 Å². The lowest BCUT2D eigenvalue weighted by Crippen LogP contribution is -2.36. The van der Waals surface area contributed by atoms with E-state index in [-0.39, 0.29) is 29.6 Å². The van der Waals surface area contributed by atoms with E-state index in [1.807, 2.05) is 0 Å². The van der Waals surface area contributed by atoms with E-state index in [4.69, 9.17) is 14.9 Å². The summed E-state index contributed by atoms with van der Waals surface area (Å²) in [5, 5.41) is 2.72. The molecule has 2 aromatic rings. The highest BCUT2D eigenvalue weighted by molar-refractivity contribution is 6.02. The van der Waals surface area contributed by atoms with Gasteiger partial charge in [-0.1, -0.05) is 13.0 Å². The van der Waals surface area contributed by atoms with Crippen LogP contribution in [0.5, 0.6) is 5.75 Å². The molecule has 138 valence electrons. The number of amides is 2. The van der Waals surface area contributed by atoms with E-state index in [2.05, 4.69) is 12.2 Å². The molecule has 1 unspecified atom stereocenters. The molecule has 1 atom stereocenters. The van der Waals surface area contributed by atoms with E-state index in [1.165, 1.54) is 6.26 Å². The quantitative estimate of drug-likeness (QED) is 0.825. The number of ether oxygens (including phenoxy) is 1. The molecule has 1 aliphatic heterocycles. The Morgan fingerprint density at radius 2 is 2.19 bits per heavy atom. The lowest BCUT2D eigenvalue weighted by molar-refractivity contribution is -0.132. The smallest absolute Gasteiger partial charge is 0.291 e. The zero-order valence-electron chi connectivity index (χ0n) is 14.7. The summed E-state index contributed by atoms with van der Waals surface area (Å²) in [6.07, 6.45) is 2.34. The van der Waals surface area contributed by atoms with Crippen molar-refractivity contribution in [3.8, 4) is 5.75 Å². The van der Waals surface area contributed by atoms with E-state index >= 15 is 0 Å². The monoisotopic (exact) mass is 357 g/mol. The van der Waals surface area contributed by atoms with Crippen molar-refractivity contribution in [3.63, 3.8) is 0 Å². The zero-order chi connectivity index (χ0) is 18.6. The standard InChI is InChI=1S/C19H23N3O4/c1-19(12-20)7-8-22(13-19)17(23)11-26-15-5-2-4-14(10-15)21-18(24)16-6-3-9-25-16/h2-6,9-10H,7-8,11-13,20H2,1H3,(H,21,24). The first-order chi connectivity index (χ1) is 12.5. The fourth-order valence-electron chi connectivity index (χ4n) is 2.90. The number of hydrogen-bond donors (Lipinski definition) is 2. The highest BCUT2D eigenvalue weighted by atomic mass is 16.5. The van der Waals surface area contributed by atoms with Crippen molar-refractivity contribution >= 4 is 17.5 Å². The molecule has 1 aromatic heterocycles. The maximum Gasteiger partial charge on any atom is 0.291 e. The van der Waals surface area contributed by atoms with E-state index in [0.717, 1.165) is 6.42 Å². The van der Waals surface area contributed by atoms with Crippen LogP contribution in [0.25, 0.3) is 0 Å². The number of carbonyl (C=O) groups excluding carboxylic acids is 2. The summed E-state index contributed by atoms with van der Waals surface area (Å²) < 4.78 is 10.7. The van der Waals surface area contributed by atoms with Crippen LogP contribution in [0.3, 0.4) is 0 Å². The van der Waals surface area contributed by atoms with Gasteiger partial charge in [-0.05, 0) is 42.6 Å². The molecule has 0 aliphatic carbocycles. The van der Waals surface area contributed by atoms with E-state index in [9.17, 15) is 9.59 Å². The number of benzene rings is 1. The second-order valence-electron chi connectivity index (χ2n) is 6.83. The third kappa shape index (κ3) is 4.23. The van der Waals surface area contributed by atoms with Crippen molar-refractivity contribution < 1.29 is 18.7 Å². The first kappa shape index (κ1) is 18.0. The fraction of sp³-hybridized carbons (Fsp3) is 0.368. The molecule has 0 spiro atoms. The normalized spacial score (nSPS) is 19.4. The number of rotatable bonds is 6. The fourth-order valence-corrected chi connectivity index (χ4v) is 2.90. The molecule has 1 aromatic carbocycles. The molecule has 0 bridgehead atoms. The van der Waals surface area contributed by atoms with Crippen LogP contribution in [0, 0.1) is 5.41 Å². The molecular weight excluding hydrogens is 334 g/mol. The van der Waals surface area contributed by atoms with Crippen molar-refractivity contribution in [2.24, 2.45) is 11.1 Å². The number of hydrogen-bond acceptors (Lipinski definition) is 5. The van der Waals surface area contributed by atoms with Crippen molar-refractivity contribution in [3.05, 3.63) is 48.4 Å². The average molecular weight is 357 g/mol. The number of nitrogens with two attached hydrogens (primary N) is 1. The van der Waals surface area contributed by atoms with Crippen molar-refractivity contribution in [2.45, 2.75) is 13.3 Å².